The first-order valence-corrected chi connectivity index (χ1v) is 12.4. The quantitative estimate of drug-likeness (QED) is 0.333. The molecule has 0 saturated carbocycles. The van der Waals surface area contributed by atoms with Crippen LogP contribution in [0.3, 0.4) is 0 Å². The number of hydrazone groups is 1. The smallest absolute Gasteiger partial charge is 0.255 e. The van der Waals surface area contributed by atoms with E-state index in [1.165, 1.54) is 5.01 Å². The van der Waals surface area contributed by atoms with E-state index in [0.717, 1.165) is 38.6 Å². The number of aromatic amines is 1. The second kappa shape index (κ2) is 9.52. The molecule has 5 aromatic rings. The molecule has 2 heterocycles. The van der Waals surface area contributed by atoms with Crippen molar-refractivity contribution in [1.82, 2.24) is 15.3 Å². The van der Waals surface area contributed by atoms with Gasteiger partial charge in [0.25, 0.3) is 11.8 Å². The number of ether oxygens (including phenoxy) is 1. The molecular formula is C31H26N4O3. The van der Waals surface area contributed by atoms with E-state index in [1.54, 1.807) is 13.3 Å². The Morgan fingerprint density at radius 2 is 1.68 bits per heavy atom. The summed E-state index contributed by atoms with van der Waals surface area (Å²) in [4.78, 5) is 30.9. The number of aromatic nitrogens is 1. The van der Waals surface area contributed by atoms with Gasteiger partial charge in [-0.25, -0.2) is 5.01 Å². The van der Waals surface area contributed by atoms with Gasteiger partial charge in [-0.05, 0) is 41.5 Å². The molecule has 0 saturated heterocycles. The number of benzene rings is 4. The van der Waals surface area contributed by atoms with Crippen LogP contribution in [0.4, 0.5) is 0 Å². The van der Waals surface area contributed by atoms with Crippen molar-refractivity contribution in [3.05, 3.63) is 114 Å². The second-order valence-corrected chi connectivity index (χ2v) is 9.37. The molecule has 2 atom stereocenters. The van der Waals surface area contributed by atoms with Crippen molar-refractivity contribution < 1.29 is 14.3 Å². The van der Waals surface area contributed by atoms with Gasteiger partial charge in [0.05, 0.1) is 13.0 Å². The summed E-state index contributed by atoms with van der Waals surface area (Å²) in [6.45, 7) is 1.85. The summed E-state index contributed by atoms with van der Waals surface area (Å²) < 4.78 is 5.34. The number of amidine groups is 1. The monoisotopic (exact) mass is 502 g/mol. The molecule has 0 aliphatic carbocycles. The van der Waals surface area contributed by atoms with Crippen LogP contribution >= 0.6 is 0 Å². The van der Waals surface area contributed by atoms with Crippen molar-refractivity contribution in [2.45, 2.75) is 18.9 Å². The first-order valence-electron chi connectivity index (χ1n) is 12.4. The van der Waals surface area contributed by atoms with Gasteiger partial charge in [0.1, 0.15) is 5.75 Å². The van der Waals surface area contributed by atoms with Gasteiger partial charge in [0.2, 0.25) is 0 Å². The summed E-state index contributed by atoms with van der Waals surface area (Å²) in [5.41, 5.74) is 3.15. The fourth-order valence-electron chi connectivity index (χ4n) is 4.96. The number of methoxy groups -OCH3 is 1. The predicted octanol–water partition coefficient (Wildman–Crippen LogP) is 5.49. The largest absolute Gasteiger partial charge is 0.497 e. The molecule has 2 amide bonds. The molecule has 1 aliphatic heterocycles. The molecule has 0 fully saturated rings. The Morgan fingerprint density at radius 1 is 0.947 bits per heavy atom. The average molecular weight is 503 g/mol. The summed E-state index contributed by atoms with van der Waals surface area (Å²) in [6, 6.07) is 27.9. The zero-order valence-electron chi connectivity index (χ0n) is 21.0. The SMILES string of the molecule is COc1ccc2cc([C@H](C)C(=O)N3N=C(c4ccccc4)NC(=O)C3c3c[nH]c4ccccc34)ccc2c1. The number of para-hydroxylation sites is 1. The van der Waals surface area contributed by atoms with E-state index >= 15 is 0 Å². The third-order valence-corrected chi connectivity index (χ3v) is 7.07. The number of hydrogen-bond donors (Lipinski definition) is 2. The minimum atomic E-state index is -0.918. The highest BCUT2D eigenvalue weighted by molar-refractivity contribution is 6.12. The number of nitrogens with zero attached hydrogens (tertiary/aromatic N) is 2. The first kappa shape index (κ1) is 23.5. The highest BCUT2D eigenvalue weighted by Crippen LogP contribution is 2.34. The highest BCUT2D eigenvalue weighted by Gasteiger charge is 2.39. The van der Waals surface area contributed by atoms with Crippen LogP contribution in [-0.4, -0.2) is 34.8 Å². The van der Waals surface area contributed by atoms with Crippen LogP contribution in [0.15, 0.2) is 102 Å². The van der Waals surface area contributed by atoms with Crippen LogP contribution in [-0.2, 0) is 9.59 Å². The minimum absolute atomic E-state index is 0.267. The van der Waals surface area contributed by atoms with Gasteiger partial charge in [-0.1, -0.05) is 72.8 Å². The molecule has 38 heavy (non-hydrogen) atoms. The van der Waals surface area contributed by atoms with E-state index in [-0.39, 0.29) is 11.8 Å². The summed E-state index contributed by atoms with van der Waals surface area (Å²) in [6.07, 6.45) is 1.78. The molecule has 7 heteroatoms. The van der Waals surface area contributed by atoms with Crippen molar-refractivity contribution >= 4 is 39.3 Å². The van der Waals surface area contributed by atoms with Crippen LogP contribution in [0.25, 0.3) is 21.7 Å². The Morgan fingerprint density at radius 3 is 2.50 bits per heavy atom. The Labute approximate surface area is 219 Å². The molecule has 0 bridgehead atoms. The number of nitrogens with one attached hydrogen (secondary N) is 2. The maximum atomic E-state index is 14.1. The Balaban J connectivity index is 1.43. The summed E-state index contributed by atoms with van der Waals surface area (Å²) in [7, 11) is 1.64. The molecule has 1 unspecified atom stereocenters. The van der Waals surface area contributed by atoms with Crippen LogP contribution in [0, 0.1) is 0 Å². The standard InChI is InChI=1S/C31H26N4O3/c1-19(21-12-13-23-17-24(38-2)15-14-22(23)16-21)31(37)35-28(26-18-32-27-11-7-6-10-25(26)27)30(36)33-29(34-35)20-8-4-3-5-9-20/h3-19,28,32H,1-2H3,(H,33,34,36)/t19-,28?/m0/s1. The van der Waals surface area contributed by atoms with Crippen molar-refractivity contribution in [3.8, 4) is 5.75 Å². The third-order valence-electron chi connectivity index (χ3n) is 7.07. The number of rotatable bonds is 5. The van der Waals surface area contributed by atoms with Gasteiger partial charge in [0.15, 0.2) is 11.9 Å². The van der Waals surface area contributed by atoms with Gasteiger partial charge in [0, 0.05) is 28.2 Å². The van der Waals surface area contributed by atoms with Gasteiger partial charge in [-0.3, -0.25) is 9.59 Å². The molecule has 0 radical (unpaired) electrons. The van der Waals surface area contributed by atoms with Crippen LogP contribution < -0.4 is 10.1 Å². The zero-order valence-corrected chi connectivity index (χ0v) is 21.0. The maximum absolute atomic E-state index is 14.1. The second-order valence-electron chi connectivity index (χ2n) is 9.37. The normalized spacial score (nSPS) is 16.3. The van der Waals surface area contributed by atoms with Crippen molar-refractivity contribution in [2.24, 2.45) is 5.10 Å². The molecule has 2 N–H and O–H groups in total. The first-order chi connectivity index (χ1) is 18.5. The highest BCUT2D eigenvalue weighted by atomic mass is 16.5. The third kappa shape index (κ3) is 4.08. The molecular weight excluding hydrogens is 476 g/mol. The van der Waals surface area contributed by atoms with E-state index in [2.05, 4.69) is 10.3 Å². The number of carbonyl (C=O) groups excluding carboxylic acids is 2. The number of hydrogen-bond acceptors (Lipinski definition) is 4. The fourth-order valence-corrected chi connectivity index (χ4v) is 4.96. The van der Waals surface area contributed by atoms with Crippen molar-refractivity contribution in [3.63, 3.8) is 0 Å². The van der Waals surface area contributed by atoms with Crippen LogP contribution in [0.2, 0.25) is 0 Å². The lowest BCUT2D eigenvalue weighted by atomic mass is 9.95. The molecule has 188 valence electrons. The molecule has 1 aromatic heterocycles. The fraction of sp³-hybridized carbons (Fsp3) is 0.129. The zero-order chi connectivity index (χ0) is 26.2. The predicted molar refractivity (Wildman–Crippen MR) is 148 cm³/mol. The minimum Gasteiger partial charge on any atom is -0.497 e. The summed E-state index contributed by atoms with van der Waals surface area (Å²) in [5, 5.41) is 11.9. The molecule has 7 nitrogen and oxygen atoms in total. The van der Waals surface area contributed by atoms with Crippen molar-refractivity contribution in [1.29, 1.82) is 0 Å². The van der Waals surface area contributed by atoms with Crippen molar-refractivity contribution in [2.75, 3.05) is 7.11 Å². The van der Waals surface area contributed by atoms with E-state index in [9.17, 15) is 9.59 Å². The number of H-pyrrole nitrogens is 1. The average Bonchev–Trinajstić information content (AvgIpc) is 3.39. The lowest BCUT2D eigenvalue weighted by Crippen LogP contribution is -2.50. The summed E-state index contributed by atoms with van der Waals surface area (Å²) in [5.74, 6) is 0.00275. The molecule has 6 rings (SSSR count). The van der Waals surface area contributed by atoms with E-state index in [1.807, 2.05) is 97.9 Å². The van der Waals surface area contributed by atoms with E-state index in [0.29, 0.717) is 11.4 Å². The van der Waals surface area contributed by atoms with E-state index < -0.39 is 12.0 Å². The molecule has 4 aromatic carbocycles. The maximum Gasteiger partial charge on any atom is 0.255 e. The lowest BCUT2D eigenvalue weighted by molar-refractivity contribution is -0.142. The summed E-state index contributed by atoms with van der Waals surface area (Å²) >= 11 is 0. The van der Waals surface area contributed by atoms with Gasteiger partial charge < -0.3 is 15.0 Å². The van der Waals surface area contributed by atoms with Gasteiger partial charge in [-0.15, -0.1) is 0 Å². The number of fused-ring (bicyclic) bond motifs is 2. The molecule has 0 spiro atoms. The van der Waals surface area contributed by atoms with Gasteiger partial charge >= 0.3 is 0 Å². The Kier molecular flexibility index (Phi) is 5.88. The lowest BCUT2D eigenvalue weighted by Gasteiger charge is -2.33. The number of carbonyl (C=O) groups is 2. The Hall–Kier alpha value is -4.91. The Bertz CT molecular complexity index is 1710. The van der Waals surface area contributed by atoms with Gasteiger partial charge in [-0.2, -0.15) is 5.10 Å². The molecule has 1 aliphatic rings. The number of amides is 2. The van der Waals surface area contributed by atoms with Crippen LogP contribution in [0.1, 0.15) is 35.6 Å². The van der Waals surface area contributed by atoms with E-state index in [4.69, 9.17) is 9.84 Å². The topological polar surface area (TPSA) is 86.8 Å². The van der Waals surface area contributed by atoms with Crippen LogP contribution in [0.5, 0.6) is 5.75 Å².